The van der Waals surface area contributed by atoms with Crippen LogP contribution in [0.2, 0.25) is 0 Å². The van der Waals surface area contributed by atoms with Gasteiger partial charge in [0.05, 0.1) is 18.2 Å². The normalized spacial score (nSPS) is 19.8. The molecule has 0 N–H and O–H groups in total. The SMILES string of the molecule is Cc1c(CN2CCC3(CC2)CN(c2ncnc4ccc(CC(F)(F)F)cc24)C3)ccc2c1cc(C#N)n2C(C)CCN1CCN(S(C)(=O)=O)CC1. The number of hydrogen-bond donors (Lipinski definition) is 0. The maximum atomic E-state index is 13.1. The Morgan fingerprint density at radius 1 is 0.961 bits per heavy atom. The molecule has 10 nitrogen and oxygen atoms in total. The first-order valence-electron chi connectivity index (χ1n) is 17.7. The summed E-state index contributed by atoms with van der Waals surface area (Å²) in [7, 11) is -3.16. The molecule has 0 bridgehead atoms. The molecule has 1 atom stereocenters. The molecule has 7 rings (SSSR count). The lowest BCUT2D eigenvalue weighted by Gasteiger charge is -2.54. The van der Waals surface area contributed by atoms with Crippen molar-refractivity contribution in [2.45, 2.75) is 58.3 Å². The number of piperazine rings is 1. The lowest BCUT2D eigenvalue weighted by Crippen LogP contribution is -2.60. The van der Waals surface area contributed by atoms with E-state index >= 15 is 0 Å². The molecule has 51 heavy (non-hydrogen) atoms. The lowest BCUT2D eigenvalue weighted by atomic mass is 9.72. The van der Waals surface area contributed by atoms with Gasteiger partial charge in [0.15, 0.2) is 0 Å². The van der Waals surface area contributed by atoms with E-state index in [-0.39, 0.29) is 17.0 Å². The van der Waals surface area contributed by atoms with Gasteiger partial charge in [-0.25, -0.2) is 18.4 Å². The first kappa shape index (κ1) is 35.6. The topological polar surface area (TPSA) is 102 Å². The van der Waals surface area contributed by atoms with Crippen LogP contribution in [0, 0.1) is 23.7 Å². The van der Waals surface area contributed by atoms with Crippen molar-refractivity contribution in [2.75, 3.05) is 70.1 Å². The second kappa shape index (κ2) is 13.7. The number of anilines is 1. The van der Waals surface area contributed by atoms with Gasteiger partial charge in [-0.2, -0.15) is 22.7 Å². The zero-order valence-electron chi connectivity index (χ0n) is 29.5. The number of likely N-dealkylation sites (tertiary alicyclic amines) is 1. The van der Waals surface area contributed by atoms with E-state index in [2.05, 4.69) is 61.3 Å². The summed E-state index contributed by atoms with van der Waals surface area (Å²) in [5.74, 6) is 0.714. The number of nitriles is 1. The van der Waals surface area contributed by atoms with Crippen LogP contribution in [0.25, 0.3) is 21.8 Å². The minimum absolute atomic E-state index is 0.109. The number of hydrogen-bond acceptors (Lipinski definition) is 8. The highest BCUT2D eigenvalue weighted by atomic mass is 32.2. The van der Waals surface area contributed by atoms with Crippen LogP contribution in [-0.4, -0.2) is 108 Å². The molecule has 2 aromatic heterocycles. The molecule has 272 valence electrons. The molecule has 14 heteroatoms. The maximum absolute atomic E-state index is 13.1. The van der Waals surface area contributed by atoms with Gasteiger partial charge >= 0.3 is 6.18 Å². The summed E-state index contributed by atoms with van der Waals surface area (Å²) < 4.78 is 66.7. The van der Waals surface area contributed by atoms with Crippen LogP contribution in [0.3, 0.4) is 0 Å². The van der Waals surface area contributed by atoms with E-state index in [0.29, 0.717) is 48.6 Å². The van der Waals surface area contributed by atoms with E-state index in [1.165, 1.54) is 34.1 Å². The Labute approximate surface area is 297 Å². The van der Waals surface area contributed by atoms with Gasteiger partial charge in [-0.15, -0.1) is 0 Å². The number of rotatable bonds is 9. The van der Waals surface area contributed by atoms with Crippen molar-refractivity contribution in [3.05, 3.63) is 65.1 Å². The van der Waals surface area contributed by atoms with E-state index in [4.69, 9.17) is 0 Å². The number of aromatic nitrogens is 3. The lowest BCUT2D eigenvalue weighted by molar-refractivity contribution is -0.127. The first-order valence-corrected chi connectivity index (χ1v) is 19.6. The number of fused-ring (bicyclic) bond motifs is 2. The summed E-state index contributed by atoms with van der Waals surface area (Å²) in [6.07, 6.45) is 0.470. The summed E-state index contributed by atoms with van der Waals surface area (Å²) in [4.78, 5) is 15.8. The van der Waals surface area contributed by atoms with Crippen LogP contribution in [0.5, 0.6) is 0 Å². The fourth-order valence-electron chi connectivity index (χ4n) is 8.34. The average molecular weight is 723 g/mol. The molecule has 1 spiro atoms. The van der Waals surface area contributed by atoms with E-state index in [9.17, 15) is 26.9 Å². The fourth-order valence-corrected chi connectivity index (χ4v) is 9.17. The number of benzene rings is 2. The van der Waals surface area contributed by atoms with Crippen LogP contribution in [0.1, 0.15) is 54.6 Å². The molecule has 0 amide bonds. The molecule has 2 aromatic carbocycles. The summed E-state index contributed by atoms with van der Waals surface area (Å²) in [5.41, 5.74) is 5.22. The van der Waals surface area contributed by atoms with Crippen molar-refractivity contribution >= 4 is 37.6 Å². The number of alkyl halides is 3. The first-order chi connectivity index (χ1) is 24.2. The highest BCUT2D eigenvalue weighted by Crippen LogP contribution is 2.44. The molecule has 3 aliphatic heterocycles. The van der Waals surface area contributed by atoms with Gasteiger partial charge in [-0.3, -0.25) is 4.90 Å². The zero-order valence-corrected chi connectivity index (χ0v) is 30.3. The Bertz CT molecular complexity index is 2070. The largest absolute Gasteiger partial charge is 0.393 e. The number of aryl methyl sites for hydroxylation is 1. The van der Waals surface area contributed by atoms with Gasteiger partial charge in [0.2, 0.25) is 10.0 Å². The molecule has 5 heterocycles. The van der Waals surface area contributed by atoms with Crippen molar-refractivity contribution in [2.24, 2.45) is 5.41 Å². The van der Waals surface area contributed by atoms with Crippen LogP contribution in [-0.2, 0) is 23.0 Å². The predicted molar refractivity (Wildman–Crippen MR) is 192 cm³/mol. The summed E-state index contributed by atoms with van der Waals surface area (Å²) in [6.45, 7) is 12.0. The number of piperidine rings is 1. The molecule has 0 aliphatic carbocycles. The minimum atomic E-state index is -4.27. The predicted octanol–water partition coefficient (Wildman–Crippen LogP) is 5.50. The number of halogens is 3. The molecule has 3 saturated heterocycles. The van der Waals surface area contributed by atoms with Gasteiger partial charge in [-0.05, 0) is 87.2 Å². The van der Waals surface area contributed by atoms with Gasteiger partial charge < -0.3 is 14.4 Å². The van der Waals surface area contributed by atoms with Gasteiger partial charge in [0.25, 0.3) is 0 Å². The Balaban J connectivity index is 0.966. The Morgan fingerprint density at radius 3 is 2.35 bits per heavy atom. The van der Waals surface area contributed by atoms with Crippen LogP contribution in [0.4, 0.5) is 19.0 Å². The van der Waals surface area contributed by atoms with Crippen molar-refractivity contribution in [1.82, 2.24) is 28.6 Å². The zero-order chi connectivity index (χ0) is 36.1. The van der Waals surface area contributed by atoms with Gasteiger partial charge in [0.1, 0.15) is 23.9 Å². The van der Waals surface area contributed by atoms with E-state index in [1.54, 1.807) is 12.1 Å². The second-order valence-electron chi connectivity index (χ2n) is 14.9. The molecule has 3 fully saturated rings. The van der Waals surface area contributed by atoms with Crippen LogP contribution >= 0.6 is 0 Å². The standard InChI is InChI=1S/C37H45F3N8O2S/c1-26(8-11-44-14-16-47(17-15-44)51(3,49)50)48-30(21-41)19-31-27(2)29(5-7-34(31)48)22-45-12-9-36(10-13-45)23-46(24-36)35-32-18-28(20-37(38,39)40)4-6-33(32)42-25-43-35/h4-7,18-19,25-26H,8-17,20,22-24H2,1-3H3. The third-order valence-electron chi connectivity index (χ3n) is 11.4. The Morgan fingerprint density at radius 2 is 1.69 bits per heavy atom. The highest BCUT2D eigenvalue weighted by molar-refractivity contribution is 7.88. The van der Waals surface area contributed by atoms with E-state index < -0.39 is 22.6 Å². The van der Waals surface area contributed by atoms with Crippen molar-refractivity contribution in [3.63, 3.8) is 0 Å². The summed E-state index contributed by atoms with van der Waals surface area (Å²) in [5, 5.41) is 11.9. The number of nitrogens with zero attached hydrogens (tertiary/aromatic N) is 8. The summed E-state index contributed by atoms with van der Waals surface area (Å²) in [6, 6.07) is 13.6. The second-order valence-corrected chi connectivity index (χ2v) is 16.9. The molecular formula is C37H45F3N8O2S. The van der Waals surface area contributed by atoms with Crippen molar-refractivity contribution < 1.29 is 21.6 Å². The highest BCUT2D eigenvalue weighted by Gasteiger charge is 2.45. The molecule has 0 saturated carbocycles. The van der Waals surface area contributed by atoms with Gasteiger partial charge in [-0.1, -0.05) is 12.1 Å². The van der Waals surface area contributed by atoms with Crippen molar-refractivity contribution in [3.8, 4) is 6.07 Å². The smallest absolute Gasteiger partial charge is 0.355 e. The van der Waals surface area contributed by atoms with Crippen molar-refractivity contribution in [1.29, 1.82) is 5.26 Å². The maximum Gasteiger partial charge on any atom is 0.393 e. The molecule has 1 unspecified atom stereocenters. The molecule has 0 radical (unpaired) electrons. The molecule has 4 aromatic rings. The summed E-state index contributed by atoms with van der Waals surface area (Å²) >= 11 is 0. The molecule has 3 aliphatic rings. The third-order valence-corrected chi connectivity index (χ3v) is 12.7. The Hall–Kier alpha value is -3.77. The Kier molecular flexibility index (Phi) is 9.54. The van der Waals surface area contributed by atoms with E-state index in [0.717, 1.165) is 69.4 Å². The monoisotopic (exact) mass is 722 g/mol. The number of sulfonamides is 1. The van der Waals surface area contributed by atoms with E-state index in [1.807, 2.05) is 6.07 Å². The fraction of sp³-hybridized carbons (Fsp3) is 0.541. The van der Waals surface area contributed by atoms with Crippen LogP contribution in [0.15, 0.2) is 42.7 Å². The molecular weight excluding hydrogens is 678 g/mol. The quantitative estimate of drug-likeness (QED) is 0.224. The van der Waals surface area contributed by atoms with Crippen LogP contribution < -0.4 is 4.90 Å². The minimum Gasteiger partial charge on any atom is -0.355 e. The average Bonchev–Trinajstić information content (AvgIpc) is 3.46. The van der Waals surface area contributed by atoms with Gasteiger partial charge in [0, 0.05) is 80.1 Å². The third kappa shape index (κ3) is 7.44.